The summed E-state index contributed by atoms with van der Waals surface area (Å²) < 4.78 is 10.8. The number of carbonyl (C=O) groups is 2. The van der Waals surface area contributed by atoms with Crippen LogP contribution in [0.4, 0.5) is 5.82 Å². The van der Waals surface area contributed by atoms with Crippen molar-refractivity contribution >= 4 is 30.3 Å². The minimum absolute atomic E-state index is 0.0311. The third-order valence-corrected chi connectivity index (χ3v) is 7.26. The normalized spacial score (nSPS) is 16.5. The van der Waals surface area contributed by atoms with Crippen LogP contribution in [0.15, 0.2) is 24.5 Å². The number of nitrogens with zero attached hydrogens (tertiary/aromatic N) is 4. The van der Waals surface area contributed by atoms with Crippen molar-refractivity contribution in [1.82, 2.24) is 20.2 Å². The fraction of sp³-hybridized carbons (Fsp3) is 0.556. The lowest BCUT2D eigenvalue weighted by Crippen LogP contribution is -2.47. The first-order valence-corrected chi connectivity index (χ1v) is 13.5. The van der Waals surface area contributed by atoms with Gasteiger partial charge in [-0.25, -0.2) is 9.78 Å². The molecule has 2 aliphatic rings. The second-order valence-electron chi connectivity index (χ2n) is 10.3. The molecule has 0 unspecified atom stereocenters. The number of benzene rings is 1. The number of amides is 1. The quantitative estimate of drug-likeness (QED) is 0.352. The molecule has 1 fully saturated rings. The Morgan fingerprint density at radius 1 is 1.21 bits per heavy atom. The molecule has 1 aromatic carbocycles. The van der Waals surface area contributed by atoms with E-state index in [4.69, 9.17) is 9.39 Å². The van der Waals surface area contributed by atoms with Crippen LogP contribution in [0.3, 0.4) is 0 Å². The lowest BCUT2D eigenvalue weighted by molar-refractivity contribution is -0.148. The molecule has 2 aromatic rings. The second-order valence-corrected chi connectivity index (χ2v) is 10.3. The van der Waals surface area contributed by atoms with Crippen LogP contribution < -0.4 is 15.7 Å². The zero-order valence-electron chi connectivity index (χ0n) is 22.8. The number of nitrogens with one attached hydrogen (secondary N) is 1. The van der Waals surface area contributed by atoms with Gasteiger partial charge in [0, 0.05) is 31.7 Å². The van der Waals surface area contributed by atoms with Gasteiger partial charge in [-0.3, -0.25) is 14.7 Å². The highest BCUT2D eigenvalue weighted by Gasteiger charge is 2.32. The molecular formula is C27H38BN5O5. The van der Waals surface area contributed by atoms with Gasteiger partial charge >= 0.3 is 13.1 Å². The molecular weight excluding hydrogens is 485 g/mol. The summed E-state index contributed by atoms with van der Waals surface area (Å²) in [5, 5.41) is 12.9. The van der Waals surface area contributed by atoms with E-state index >= 15 is 0 Å². The highest BCUT2D eigenvalue weighted by atomic mass is 16.5. The Kier molecular flexibility index (Phi) is 9.35. The van der Waals surface area contributed by atoms with Crippen molar-refractivity contribution in [2.24, 2.45) is 5.92 Å². The molecule has 0 saturated carbocycles. The van der Waals surface area contributed by atoms with Crippen LogP contribution in [0, 0.1) is 12.8 Å². The summed E-state index contributed by atoms with van der Waals surface area (Å²) in [4.78, 5) is 39.7. The lowest BCUT2D eigenvalue weighted by Gasteiger charge is -2.35. The molecule has 204 valence electrons. The van der Waals surface area contributed by atoms with Gasteiger partial charge in [0.1, 0.15) is 18.5 Å². The van der Waals surface area contributed by atoms with Gasteiger partial charge in [0.25, 0.3) is 5.91 Å². The first-order valence-electron chi connectivity index (χ1n) is 13.5. The van der Waals surface area contributed by atoms with Gasteiger partial charge in [0.2, 0.25) is 0 Å². The number of piperazine rings is 1. The summed E-state index contributed by atoms with van der Waals surface area (Å²) in [6, 6.07) is 2.62. The Bertz CT molecular complexity index is 1140. The fourth-order valence-corrected chi connectivity index (χ4v) is 4.90. The Balaban J connectivity index is 1.35. The summed E-state index contributed by atoms with van der Waals surface area (Å²) in [5.74, 6) is -0.357. The number of hydrogen-bond donors (Lipinski definition) is 2. The zero-order valence-corrected chi connectivity index (χ0v) is 22.8. The monoisotopic (exact) mass is 523 g/mol. The molecule has 11 heteroatoms. The molecule has 1 aromatic heterocycles. The fourth-order valence-electron chi connectivity index (χ4n) is 4.90. The van der Waals surface area contributed by atoms with Crippen molar-refractivity contribution in [3.63, 3.8) is 0 Å². The maximum atomic E-state index is 13.1. The van der Waals surface area contributed by atoms with Gasteiger partial charge in [-0.05, 0) is 48.5 Å². The van der Waals surface area contributed by atoms with E-state index in [1.54, 1.807) is 31.5 Å². The van der Waals surface area contributed by atoms with Crippen molar-refractivity contribution in [3.05, 3.63) is 46.9 Å². The van der Waals surface area contributed by atoms with Crippen LogP contribution in [-0.2, 0) is 27.4 Å². The lowest BCUT2D eigenvalue weighted by atomic mass is 9.75. The van der Waals surface area contributed by atoms with Crippen molar-refractivity contribution in [1.29, 1.82) is 0 Å². The molecule has 0 bridgehead atoms. The highest BCUT2D eigenvalue weighted by molar-refractivity contribution is 6.62. The Labute approximate surface area is 224 Å². The van der Waals surface area contributed by atoms with Gasteiger partial charge in [-0.15, -0.1) is 0 Å². The van der Waals surface area contributed by atoms with Crippen LogP contribution in [0.25, 0.3) is 0 Å². The molecule has 10 nitrogen and oxygen atoms in total. The summed E-state index contributed by atoms with van der Waals surface area (Å²) in [6.45, 7) is 12.8. The van der Waals surface area contributed by atoms with E-state index < -0.39 is 25.0 Å². The van der Waals surface area contributed by atoms with Crippen molar-refractivity contribution < 1.29 is 24.0 Å². The van der Waals surface area contributed by atoms with Gasteiger partial charge in [-0.2, -0.15) is 0 Å². The maximum absolute atomic E-state index is 13.1. The summed E-state index contributed by atoms with van der Waals surface area (Å²) in [5.41, 5.74) is 3.05. The number of ether oxygens (including phenoxy) is 1. The predicted molar refractivity (Wildman–Crippen MR) is 145 cm³/mol. The third-order valence-electron chi connectivity index (χ3n) is 7.26. The molecule has 0 spiro atoms. The smallest absolute Gasteiger partial charge is 0.458 e. The largest absolute Gasteiger partial charge is 0.492 e. The molecule has 4 rings (SSSR count). The molecule has 1 atom stereocenters. The number of aromatic nitrogens is 2. The average Bonchev–Trinajstić information content (AvgIpc) is 3.30. The predicted octanol–water partition coefficient (Wildman–Crippen LogP) is 1.42. The number of unbranched alkanes of at least 4 members (excludes halogenated alkanes) is 1. The minimum atomic E-state index is -1.05. The molecule has 1 saturated heterocycles. The van der Waals surface area contributed by atoms with Crippen molar-refractivity contribution in [2.75, 3.05) is 37.6 Å². The van der Waals surface area contributed by atoms with Gasteiger partial charge in [0.15, 0.2) is 0 Å². The van der Waals surface area contributed by atoms with Gasteiger partial charge in [-0.1, -0.05) is 33.3 Å². The molecule has 2 N–H and O–H groups in total. The average molecular weight is 523 g/mol. The number of esters is 1. The maximum Gasteiger partial charge on any atom is 0.492 e. The molecule has 0 radical (unpaired) electrons. The Morgan fingerprint density at radius 3 is 2.68 bits per heavy atom. The molecule has 38 heavy (non-hydrogen) atoms. The van der Waals surface area contributed by atoms with Crippen molar-refractivity contribution in [2.45, 2.75) is 59.8 Å². The van der Waals surface area contributed by atoms with E-state index in [0.717, 1.165) is 44.1 Å². The van der Waals surface area contributed by atoms with Gasteiger partial charge < -0.3 is 24.6 Å². The number of fused-ring (bicyclic) bond motifs is 1. The summed E-state index contributed by atoms with van der Waals surface area (Å²) >= 11 is 0. The number of carbonyl (C=O) groups excluding carboxylic acids is 2. The number of anilines is 1. The van der Waals surface area contributed by atoms with E-state index in [1.807, 2.05) is 13.8 Å². The summed E-state index contributed by atoms with van der Waals surface area (Å²) in [6.07, 6.45) is 5.74. The third kappa shape index (κ3) is 6.51. The highest BCUT2D eigenvalue weighted by Crippen LogP contribution is 2.18. The van der Waals surface area contributed by atoms with E-state index in [9.17, 15) is 14.6 Å². The van der Waals surface area contributed by atoms with E-state index in [0.29, 0.717) is 28.9 Å². The van der Waals surface area contributed by atoms with Crippen LogP contribution in [0.1, 0.15) is 60.8 Å². The topological polar surface area (TPSA) is 117 Å². The molecule has 1 amide bonds. The molecule has 2 aliphatic heterocycles. The van der Waals surface area contributed by atoms with E-state index in [-0.39, 0.29) is 12.5 Å². The minimum Gasteiger partial charge on any atom is -0.458 e. The zero-order chi connectivity index (χ0) is 27.2. The number of rotatable bonds is 10. The standard InChI is InChI=1S/C27H38BN5O5/c1-5-6-9-32-10-12-33(13-11-32)23-15-29-14-21(30-23)17-37-27(35)25(18(2)3)31-26(34)22-8-7-20-16-38-28(36)24(20)19(22)4/h7-8,14-15,18,25,36H,5-6,9-13,16-17H2,1-4H3,(H,31,34)/t25-/m0/s1. The molecule has 3 heterocycles. The second kappa shape index (κ2) is 12.7. The van der Waals surface area contributed by atoms with Crippen LogP contribution in [0.2, 0.25) is 0 Å². The Hall–Kier alpha value is -3.02. The first kappa shape index (κ1) is 28.0. The number of hydrogen-bond acceptors (Lipinski definition) is 9. The van der Waals surface area contributed by atoms with Crippen molar-refractivity contribution in [3.8, 4) is 0 Å². The van der Waals surface area contributed by atoms with Crippen LogP contribution in [-0.4, -0.2) is 77.7 Å². The van der Waals surface area contributed by atoms with Gasteiger partial charge in [0.05, 0.1) is 24.7 Å². The Morgan fingerprint density at radius 2 is 1.97 bits per heavy atom. The first-order chi connectivity index (χ1) is 18.3. The SMILES string of the molecule is CCCCN1CCN(c2cncc(COC(=O)[C@@H](NC(=O)c3ccc4c(c3C)B(O)OC4)C(C)C)n2)CC1. The molecule has 0 aliphatic carbocycles. The van der Waals surface area contributed by atoms with E-state index in [2.05, 4.69) is 32.0 Å². The van der Waals surface area contributed by atoms with Crippen LogP contribution >= 0.6 is 0 Å². The van der Waals surface area contributed by atoms with E-state index in [1.165, 1.54) is 12.8 Å². The summed E-state index contributed by atoms with van der Waals surface area (Å²) in [7, 11) is -1.05. The van der Waals surface area contributed by atoms with Crippen LogP contribution in [0.5, 0.6) is 0 Å².